The fraction of sp³-hybridized carbons (Fsp3) is 0.593. The number of nitrogens with one attached hydrogen (secondary N) is 2. The summed E-state index contributed by atoms with van der Waals surface area (Å²) in [6.45, 7) is 4.69. The Labute approximate surface area is 222 Å². The van der Waals surface area contributed by atoms with Gasteiger partial charge in [-0.2, -0.15) is 0 Å². The van der Waals surface area contributed by atoms with Gasteiger partial charge >= 0.3 is 12.1 Å². The third-order valence-corrected chi connectivity index (χ3v) is 6.47. The Bertz CT molecular complexity index is 964. The van der Waals surface area contributed by atoms with Crippen LogP contribution in [0.25, 0.3) is 0 Å². The zero-order valence-corrected chi connectivity index (χ0v) is 22.1. The number of nitrogens with two attached hydrogens (primary N) is 1. The summed E-state index contributed by atoms with van der Waals surface area (Å²) in [5, 5.41) is 14.6. The molecule has 1 aromatic carbocycles. The number of ketones is 1. The van der Waals surface area contributed by atoms with Crippen LogP contribution < -0.4 is 16.4 Å². The van der Waals surface area contributed by atoms with Gasteiger partial charge in [0.1, 0.15) is 5.78 Å². The minimum Gasteiger partial charge on any atom is -0.449 e. The van der Waals surface area contributed by atoms with Crippen molar-refractivity contribution in [1.29, 1.82) is 0 Å². The molecule has 210 valence electrons. The average molecular weight is 534 g/mol. The van der Waals surface area contributed by atoms with Gasteiger partial charge in [-0.25, -0.2) is 4.79 Å². The number of fused-ring (bicyclic) bond motifs is 12. The van der Waals surface area contributed by atoms with Gasteiger partial charge in [0.25, 0.3) is 0 Å². The Hall–Kier alpha value is -3.31. The van der Waals surface area contributed by atoms with Gasteiger partial charge in [0.05, 0.1) is 31.6 Å². The highest BCUT2D eigenvalue weighted by Gasteiger charge is 2.30. The number of rotatable bonds is 10. The van der Waals surface area contributed by atoms with E-state index >= 15 is 0 Å². The van der Waals surface area contributed by atoms with Crippen molar-refractivity contribution in [2.45, 2.75) is 64.8 Å². The van der Waals surface area contributed by atoms with Gasteiger partial charge in [0.2, 0.25) is 11.8 Å². The predicted molar refractivity (Wildman–Crippen MR) is 139 cm³/mol. The van der Waals surface area contributed by atoms with E-state index in [1.807, 2.05) is 13.8 Å². The molecule has 0 unspecified atom stereocenters. The van der Waals surface area contributed by atoms with Gasteiger partial charge in [-0.1, -0.05) is 32.4 Å². The van der Waals surface area contributed by atoms with E-state index in [4.69, 9.17) is 15.6 Å². The SMILES string of the molecule is CC(C)[C@H]1COCCC(=O)Nc2ccc(cc2)C[C@@H](CC(=O)C[C@@H](CCCCN)C(=O)OC(=O)O)C(=O)N1. The molecular weight excluding hydrogens is 494 g/mol. The highest BCUT2D eigenvalue weighted by Crippen LogP contribution is 2.22. The van der Waals surface area contributed by atoms with Crippen LogP contribution in [0.4, 0.5) is 10.5 Å². The molecule has 2 aliphatic heterocycles. The lowest BCUT2D eigenvalue weighted by molar-refractivity contribution is -0.146. The lowest BCUT2D eigenvalue weighted by Crippen LogP contribution is -2.45. The number of esters is 1. The second-order valence-electron chi connectivity index (χ2n) is 9.95. The van der Waals surface area contributed by atoms with Crippen LogP contribution in [0.15, 0.2) is 24.3 Å². The van der Waals surface area contributed by atoms with Gasteiger partial charge in [0, 0.05) is 24.4 Å². The molecule has 0 saturated heterocycles. The maximum absolute atomic E-state index is 13.4. The van der Waals surface area contributed by atoms with Crippen molar-refractivity contribution < 1.29 is 38.6 Å². The number of anilines is 1. The van der Waals surface area contributed by atoms with Crippen molar-refractivity contribution in [2.24, 2.45) is 23.5 Å². The molecule has 0 aliphatic carbocycles. The number of carbonyl (C=O) groups excluding carboxylic acids is 4. The molecule has 5 N–H and O–H groups in total. The summed E-state index contributed by atoms with van der Waals surface area (Å²) in [5.41, 5.74) is 6.93. The van der Waals surface area contributed by atoms with Gasteiger partial charge in [-0.15, -0.1) is 0 Å². The molecule has 2 heterocycles. The number of carbonyl (C=O) groups is 5. The Morgan fingerprint density at radius 3 is 2.50 bits per heavy atom. The normalized spacial score (nSPS) is 19.6. The first-order chi connectivity index (χ1) is 18.1. The molecule has 3 atom stereocenters. The highest BCUT2D eigenvalue weighted by atomic mass is 16.7. The third-order valence-electron chi connectivity index (χ3n) is 6.47. The van der Waals surface area contributed by atoms with Crippen molar-refractivity contribution >= 4 is 35.4 Å². The quantitative estimate of drug-likeness (QED) is 0.200. The predicted octanol–water partition coefficient (Wildman–Crippen LogP) is 2.66. The number of hydrogen-bond donors (Lipinski definition) is 4. The molecule has 11 nitrogen and oxygen atoms in total. The molecular formula is C27H39N3O8. The van der Waals surface area contributed by atoms with Crippen LogP contribution in [0.3, 0.4) is 0 Å². The molecule has 11 heteroatoms. The highest BCUT2D eigenvalue weighted by molar-refractivity contribution is 5.91. The number of carboxylic acid groups (broad SMARTS) is 1. The molecule has 2 aliphatic rings. The van der Waals surface area contributed by atoms with E-state index in [2.05, 4.69) is 15.4 Å². The van der Waals surface area contributed by atoms with E-state index < -0.39 is 24.0 Å². The zero-order chi connectivity index (χ0) is 28.1. The zero-order valence-electron chi connectivity index (χ0n) is 22.1. The van der Waals surface area contributed by atoms with Crippen molar-refractivity contribution in [2.75, 3.05) is 25.1 Å². The number of unbranched alkanes of at least 4 members (excludes halogenated alkanes) is 1. The summed E-state index contributed by atoms with van der Waals surface area (Å²) >= 11 is 0. The van der Waals surface area contributed by atoms with Crippen LogP contribution >= 0.6 is 0 Å². The van der Waals surface area contributed by atoms with Gasteiger partial charge < -0.3 is 30.9 Å². The van der Waals surface area contributed by atoms with Crippen LogP contribution in [0.1, 0.15) is 57.9 Å². The molecule has 0 saturated carbocycles. The molecule has 38 heavy (non-hydrogen) atoms. The molecule has 2 amide bonds. The first kappa shape index (κ1) is 30.9. The van der Waals surface area contributed by atoms with Crippen LogP contribution in [0.2, 0.25) is 0 Å². The van der Waals surface area contributed by atoms with Crippen LogP contribution in [-0.4, -0.2) is 60.6 Å². The first-order valence-electron chi connectivity index (χ1n) is 13.0. The third kappa shape index (κ3) is 11.0. The second kappa shape index (κ2) is 15.8. The van der Waals surface area contributed by atoms with E-state index in [-0.39, 0.29) is 74.9 Å². The standard InChI is InChI=1S/C27H39N3O8/c1-17(2)23-16-37-12-10-24(32)29-21-8-6-18(7-9-21)13-20(25(33)30-23)15-22(31)14-19(5-3-4-11-28)26(34)38-27(35)36/h6-9,17,19-20,23H,3-5,10-16,28H2,1-2H3,(H,29,32)(H,30,33)(H,35,36)/t19-,20+,23-/m1/s1. The fourth-order valence-electron chi connectivity index (χ4n) is 4.21. The van der Waals surface area contributed by atoms with Gasteiger partial charge in [-0.3, -0.25) is 19.2 Å². The minimum atomic E-state index is -1.73. The monoisotopic (exact) mass is 533 g/mol. The summed E-state index contributed by atoms with van der Waals surface area (Å²) in [4.78, 5) is 61.8. The summed E-state index contributed by atoms with van der Waals surface area (Å²) in [6, 6.07) is 6.71. The molecule has 0 fully saturated rings. The van der Waals surface area contributed by atoms with E-state index in [0.29, 0.717) is 25.1 Å². The topological polar surface area (TPSA) is 174 Å². The largest absolute Gasteiger partial charge is 0.513 e. The van der Waals surface area contributed by atoms with Crippen LogP contribution in [-0.2, 0) is 35.1 Å². The number of benzene rings is 1. The molecule has 1 aromatic rings. The van der Waals surface area contributed by atoms with E-state index in [9.17, 15) is 24.0 Å². The Kier molecular flexibility index (Phi) is 12.9. The average Bonchev–Trinajstić information content (AvgIpc) is 2.85. The summed E-state index contributed by atoms with van der Waals surface area (Å²) < 4.78 is 9.97. The number of hydrogen-bond acceptors (Lipinski definition) is 8. The van der Waals surface area contributed by atoms with Crippen molar-refractivity contribution in [1.82, 2.24) is 5.32 Å². The number of Topliss-reactive ketones (excluding diaryl/α,β-unsaturated/α-hetero) is 1. The molecule has 0 spiro atoms. The van der Waals surface area contributed by atoms with E-state index in [1.54, 1.807) is 24.3 Å². The summed E-state index contributed by atoms with van der Waals surface area (Å²) in [5.74, 6) is -3.44. The van der Waals surface area contributed by atoms with Crippen molar-refractivity contribution in [3.8, 4) is 0 Å². The Morgan fingerprint density at radius 2 is 1.87 bits per heavy atom. The smallest absolute Gasteiger partial charge is 0.449 e. The Morgan fingerprint density at radius 1 is 1.16 bits per heavy atom. The molecule has 2 bridgehead atoms. The van der Waals surface area contributed by atoms with Crippen molar-refractivity contribution in [3.63, 3.8) is 0 Å². The molecule has 3 rings (SSSR count). The summed E-state index contributed by atoms with van der Waals surface area (Å²) in [7, 11) is 0. The first-order valence-corrected chi connectivity index (χ1v) is 13.0. The molecule has 0 radical (unpaired) electrons. The second-order valence-corrected chi connectivity index (χ2v) is 9.95. The van der Waals surface area contributed by atoms with Crippen LogP contribution in [0.5, 0.6) is 0 Å². The fourth-order valence-corrected chi connectivity index (χ4v) is 4.21. The number of amides is 2. The van der Waals surface area contributed by atoms with Crippen molar-refractivity contribution in [3.05, 3.63) is 29.8 Å². The lowest BCUT2D eigenvalue weighted by atomic mass is 9.88. The van der Waals surface area contributed by atoms with Gasteiger partial charge in [0.15, 0.2) is 0 Å². The van der Waals surface area contributed by atoms with E-state index in [0.717, 1.165) is 5.56 Å². The van der Waals surface area contributed by atoms with E-state index in [1.165, 1.54) is 0 Å². The summed E-state index contributed by atoms with van der Waals surface area (Å²) in [6.07, 6.45) is -0.257. The Balaban J connectivity index is 2.22. The maximum atomic E-state index is 13.4. The number of ether oxygens (including phenoxy) is 2. The van der Waals surface area contributed by atoms with Gasteiger partial charge in [-0.05, 0) is 49.4 Å². The lowest BCUT2D eigenvalue weighted by Gasteiger charge is -2.25. The van der Waals surface area contributed by atoms with Crippen LogP contribution in [0, 0.1) is 17.8 Å². The molecule has 0 aromatic heterocycles. The maximum Gasteiger partial charge on any atom is 0.513 e. The minimum absolute atomic E-state index is 0.0383.